The molecule has 0 unspecified atom stereocenters. The molecule has 0 radical (unpaired) electrons. The molecule has 2 aromatic rings. The average molecular weight is 354 g/mol. The molecule has 4 nitrogen and oxygen atoms in total. The van der Waals surface area contributed by atoms with E-state index in [-0.39, 0.29) is 17.3 Å². The van der Waals surface area contributed by atoms with Gasteiger partial charge in [-0.25, -0.2) is 4.39 Å². The summed E-state index contributed by atoms with van der Waals surface area (Å²) in [6.07, 6.45) is 1.54. The predicted molar refractivity (Wildman–Crippen MR) is 98.8 cm³/mol. The van der Waals surface area contributed by atoms with Crippen LogP contribution in [0.3, 0.4) is 0 Å². The minimum absolute atomic E-state index is 0.115. The summed E-state index contributed by atoms with van der Waals surface area (Å²) in [4.78, 5) is 16.3. The molecule has 0 aromatic heterocycles. The lowest BCUT2D eigenvalue weighted by Crippen LogP contribution is -2.45. The second kappa shape index (κ2) is 6.40. The minimum atomic E-state index is -0.373. The van der Waals surface area contributed by atoms with Crippen LogP contribution < -0.4 is 4.90 Å². The Balaban J connectivity index is 1.49. The summed E-state index contributed by atoms with van der Waals surface area (Å²) in [6.45, 7) is 1.87. The summed E-state index contributed by atoms with van der Waals surface area (Å²) in [5.74, 6) is -0.488. The molecule has 2 aliphatic heterocycles. The lowest BCUT2D eigenvalue weighted by molar-refractivity contribution is -0.0741. The van der Waals surface area contributed by atoms with Gasteiger partial charge in [-0.15, -0.1) is 0 Å². The first-order chi connectivity index (χ1) is 12.5. The van der Waals surface area contributed by atoms with Crippen molar-refractivity contribution in [3.63, 3.8) is 0 Å². The Labute approximate surface area is 153 Å². The molecule has 0 aliphatic carbocycles. The van der Waals surface area contributed by atoms with Crippen LogP contribution in [0.1, 0.15) is 34.3 Å². The molecule has 2 aliphatic rings. The Bertz CT molecular complexity index is 842. The van der Waals surface area contributed by atoms with E-state index >= 15 is 0 Å². The van der Waals surface area contributed by atoms with Crippen LogP contribution in [0.5, 0.6) is 0 Å². The Morgan fingerprint density at radius 2 is 1.88 bits per heavy atom. The van der Waals surface area contributed by atoms with Crippen LogP contribution in [0, 0.1) is 5.82 Å². The molecule has 0 bridgehead atoms. The molecule has 2 heterocycles. The van der Waals surface area contributed by atoms with E-state index in [1.807, 2.05) is 12.1 Å². The van der Waals surface area contributed by atoms with Gasteiger partial charge in [-0.3, -0.25) is 4.79 Å². The van der Waals surface area contributed by atoms with Gasteiger partial charge >= 0.3 is 0 Å². The van der Waals surface area contributed by atoms with Crippen molar-refractivity contribution in [3.8, 4) is 0 Å². The summed E-state index contributed by atoms with van der Waals surface area (Å²) < 4.78 is 20.3. The number of nitrogens with zero attached hydrogens (tertiary/aromatic N) is 2. The fraction of sp³-hybridized carbons (Fsp3) is 0.381. The van der Waals surface area contributed by atoms with Crippen molar-refractivity contribution in [1.29, 1.82) is 0 Å². The van der Waals surface area contributed by atoms with Gasteiger partial charge in [0.15, 0.2) is 0 Å². The lowest BCUT2D eigenvalue weighted by atomic mass is 9.83. The first-order valence-electron chi connectivity index (χ1n) is 8.99. The van der Waals surface area contributed by atoms with E-state index in [1.54, 1.807) is 36.0 Å². The van der Waals surface area contributed by atoms with Crippen LogP contribution in [-0.4, -0.2) is 38.0 Å². The third-order valence-electron chi connectivity index (χ3n) is 5.55. The Morgan fingerprint density at radius 3 is 2.58 bits per heavy atom. The van der Waals surface area contributed by atoms with E-state index < -0.39 is 0 Å². The smallest absolute Gasteiger partial charge is 0.253 e. The quantitative estimate of drug-likeness (QED) is 0.827. The number of likely N-dealkylation sites (tertiary alicyclic amines) is 1. The highest BCUT2D eigenvalue weighted by Crippen LogP contribution is 2.44. The number of benzene rings is 2. The number of piperidine rings is 1. The number of amides is 1. The largest absolute Gasteiger partial charge is 0.375 e. The fourth-order valence-corrected chi connectivity index (χ4v) is 4.05. The molecule has 0 N–H and O–H groups in total. The summed E-state index contributed by atoms with van der Waals surface area (Å²) in [7, 11) is 3.56. The number of ether oxygens (including phenoxy) is 1. The number of anilines is 1. The molecule has 26 heavy (non-hydrogen) atoms. The van der Waals surface area contributed by atoms with Gasteiger partial charge in [0.1, 0.15) is 5.82 Å². The maximum atomic E-state index is 14.2. The molecule has 5 heteroatoms. The van der Waals surface area contributed by atoms with Gasteiger partial charge < -0.3 is 14.5 Å². The van der Waals surface area contributed by atoms with Crippen molar-refractivity contribution in [1.82, 2.24) is 4.90 Å². The van der Waals surface area contributed by atoms with E-state index in [0.717, 1.165) is 12.8 Å². The van der Waals surface area contributed by atoms with Gasteiger partial charge in [-0.1, -0.05) is 24.3 Å². The highest BCUT2D eigenvalue weighted by atomic mass is 19.1. The first-order valence-corrected chi connectivity index (χ1v) is 8.99. The zero-order valence-electron chi connectivity index (χ0n) is 15.2. The van der Waals surface area contributed by atoms with Crippen LogP contribution in [0.25, 0.3) is 0 Å². The second-order valence-electron chi connectivity index (χ2n) is 7.29. The zero-order valence-corrected chi connectivity index (χ0v) is 15.2. The third-order valence-corrected chi connectivity index (χ3v) is 5.55. The third kappa shape index (κ3) is 2.76. The SMILES string of the molecule is CN(C)c1ccc(C(=O)N2CCC3(CC2)OCc2ccccc23)cc1F. The van der Waals surface area contributed by atoms with Gasteiger partial charge in [0, 0.05) is 32.7 Å². The maximum absolute atomic E-state index is 14.2. The Kier molecular flexibility index (Phi) is 4.19. The summed E-state index contributed by atoms with van der Waals surface area (Å²) >= 11 is 0. The molecule has 1 amide bonds. The molecule has 1 saturated heterocycles. The number of hydrogen-bond donors (Lipinski definition) is 0. The second-order valence-corrected chi connectivity index (χ2v) is 7.29. The number of halogens is 1. The van der Waals surface area contributed by atoms with Crippen LogP contribution in [0.15, 0.2) is 42.5 Å². The van der Waals surface area contributed by atoms with Gasteiger partial charge in [0.25, 0.3) is 5.91 Å². The molecule has 2 aromatic carbocycles. The van der Waals surface area contributed by atoms with E-state index in [9.17, 15) is 9.18 Å². The van der Waals surface area contributed by atoms with Crippen LogP contribution in [0.4, 0.5) is 10.1 Å². The molecular formula is C21H23FN2O2. The van der Waals surface area contributed by atoms with Gasteiger partial charge in [-0.2, -0.15) is 0 Å². The van der Waals surface area contributed by atoms with Gasteiger partial charge in [0.05, 0.1) is 17.9 Å². The van der Waals surface area contributed by atoms with E-state index in [0.29, 0.717) is 30.9 Å². The summed E-state index contributed by atoms with van der Waals surface area (Å²) in [5, 5.41) is 0. The molecular weight excluding hydrogens is 331 g/mol. The first kappa shape index (κ1) is 17.0. The van der Waals surface area contributed by atoms with Crippen molar-refractivity contribution in [2.45, 2.75) is 25.0 Å². The number of fused-ring (bicyclic) bond motifs is 2. The standard InChI is InChI=1S/C21H23FN2O2/c1-23(2)19-8-7-15(13-18(19)22)20(25)24-11-9-21(10-12-24)17-6-4-3-5-16(17)14-26-21/h3-8,13H,9-12,14H2,1-2H3. The van der Waals surface area contributed by atoms with E-state index in [2.05, 4.69) is 12.1 Å². The predicted octanol–water partition coefficient (Wildman–Crippen LogP) is 3.55. The highest BCUT2D eigenvalue weighted by molar-refractivity contribution is 5.94. The van der Waals surface area contributed by atoms with Crippen molar-refractivity contribution in [2.24, 2.45) is 0 Å². The van der Waals surface area contributed by atoms with Crippen LogP contribution in [-0.2, 0) is 16.9 Å². The fourth-order valence-electron chi connectivity index (χ4n) is 4.05. The summed E-state index contributed by atoms with van der Waals surface area (Å²) in [5.41, 5.74) is 3.11. The van der Waals surface area contributed by atoms with Crippen LogP contribution in [0.2, 0.25) is 0 Å². The maximum Gasteiger partial charge on any atom is 0.253 e. The minimum Gasteiger partial charge on any atom is -0.375 e. The van der Waals surface area contributed by atoms with Crippen molar-refractivity contribution < 1.29 is 13.9 Å². The number of hydrogen-bond acceptors (Lipinski definition) is 3. The monoisotopic (exact) mass is 354 g/mol. The zero-order chi connectivity index (χ0) is 18.3. The average Bonchev–Trinajstić information content (AvgIpc) is 3.00. The van der Waals surface area contributed by atoms with Crippen LogP contribution >= 0.6 is 0 Å². The topological polar surface area (TPSA) is 32.8 Å². The molecule has 1 fully saturated rings. The Morgan fingerprint density at radius 1 is 1.15 bits per heavy atom. The Hall–Kier alpha value is -2.40. The van der Waals surface area contributed by atoms with E-state index in [1.165, 1.54) is 17.2 Å². The molecule has 136 valence electrons. The van der Waals surface area contributed by atoms with Crippen molar-refractivity contribution in [2.75, 3.05) is 32.1 Å². The van der Waals surface area contributed by atoms with Crippen molar-refractivity contribution in [3.05, 3.63) is 65.0 Å². The normalized spacial score (nSPS) is 18.0. The molecule has 4 rings (SSSR count). The summed E-state index contributed by atoms with van der Waals surface area (Å²) in [6, 6.07) is 13.0. The number of carbonyl (C=O) groups is 1. The van der Waals surface area contributed by atoms with E-state index in [4.69, 9.17) is 4.74 Å². The number of carbonyl (C=O) groups excluding carboxylic acids is 1. The molecule has 0 atom stereocenters. The van der Waals surface area contributed by atoms with Gasteiger partial charge in [-0.05, 0) is 42.2 Å². The highest BCUT2D eigenvalue weighted by Gasteiger charge is 2.43. The molecule has 1 spiro atoms. The lowest BCUT2D eigenvalue weighted by Gasteiger charge is -2.39. The van der Waals surface area contributed by atoms with Crippen molar-refractivity contribution >= 4 is 11.6 Å². The molecule has 0 saturated carbocycles. The van der Waals surface area contributed by atoms with Gasteiger partial charge in [0.2, 0.25) is 0 Å². The number of rotatable bonds is 2.